The van der Waals surface area contributed by atoms with Crippen molar-refractivity contribution in [3.63, 3.8) is 0 Å². The standard InChI is InChI=1S/C24H22F6O4S/c1-12-5-4-6-17(20(12)22(25,23(26,27)28)24(29,30)33)18-13(2)35-21(34-3)19(18)14-7-8-15(10-31)16(9-14)11-32/h4-9,31-33H,10-11H2,1-3H3. The molecule has 0 aliphatic heterocycles. The first-order valence-corrected chi connectivity index (χ1v) is 11.0. The van der Waals surface area contributed by atoms with Crippen molar-refractivity contribution in [2.45, 2.75) is 45.0 Å². The van der Waals surface area contributed by atoms with Gasteiger partial charge in [-0.15, -0.1) is 11.3 Å². The molecule has 11 heteroatoms. The molecule has 1 unspecified atom stereocenters. The van der Waals surface area contributed by atoms with E-state index in [-0.39, 0.29) is 22.8 Å². The van der Waals surface area contributed by atoms with Gasteiger partial charge in [-0.25, -0.2) is 4.39 Å². The van der Waals surface area contributed by atoms with Gasteiger partial charge in [0, 0.05) is 21.6 Å². The van der Waals surface area contributed by atoms with Crippen molar-refractivity contribution in [2.24, 2.45) is 0 Å². The maximum atomic E-state index is 15.5. The molecule has 3 aromatic rings. The third-order valence-electron chi connectivity index (χ3n) is 5.76. The Labute approximate surface area is 201 Å². The molecule has 0 bridgehead atoms. The summed E-state index contributed by atoms with van der Waals surface area (Å²) in [5, 5.41) is 28.5. The van der Waals surface area contributed by atoms with E-state index in [1.54, 1.807) is 0 Å². The number of alkyl halides is 6. The molecule has 0 spiro atoms. The van der Waals surface area contributed by atoms with Gasteiger partial charge in [-0.1, -0.05) is 30.3 Å². The second kappa shape index (κ2) is 9.45. The highest BCUT2D eigenvalue weighted by Crippen LogP contribution is 2.57. The Morgan fingerprint density at radius 3 is 2.03 bits per heavy atom. The van der Waals surface area contributed by atoms with Crippen molar-refractivity contribution < 1.29 is 46.4 Å². The fraction of sp³-hybridized carbons (Fsp3) is 0.333. The molecule has 0 amide bonds. The molecule has 0 fully saturated rings. The number of hydrogen-bond acceptors (Lipinski definition) is 5. The summed E-state index contributed by atoms with van der Waals surface area (Å²) in [6.07, 6.45) is -11.9. The number of ether oxygens (including phenoxy) is 1. The van der Waals surface area contributed by atoms with E-state index >= 15 is 4.39 Å². The van der Waals surface area contributed by atoms with E-state index in [9.17, 15) is 32.2 Å². The number of halogens is 6. The molecule has 0 saturated carbocycles. The van der Waals surface area contributed by atoms with Crippen LogP contribution in [0.25, 0.3) is 22.3 Å². The highest BCUT2D eigenvalue weighted by molar-refractivity contribution is 7.15. The van der Waals surface area contributed by atoms with E-state index in [0.29, 0.717) is 21.6 Å². The third-order valence-corrected chi connectivity index (χ3v) is 6.83. The second-order valence-corrected chi connectivity index (χ2v) is 9.08. The van der Waals surface area contributed by atoms with Crippen LogP contribution >= 0.6 is 11.3 Å². The summed E-state index contributed by atoms with van der Waals surface area (Å²) in [7, 11) is 1.31. The summed E-state index contributed by atoms with van der Waals surface area (Å²) in [5.74, 6) is 0. The first kappa shape index (κ1) is 27.0. The minimum absolute atomic E-state index is 0.00159. The first-order valence-electron chi connectivity index (χ1n) is 10.2. The average molecular weight is 520 g/mol. The molecular weight excluding hydrogens is 498 g/mol. The van der Waals surface area contributed by atoms with Crippen LogP contribution in [0.2, 0.25) is 0 Å². The zero-order valence-electron chi connectivity index (χ0n) is 18.8. The van der Waals surface area contributed by atoms with Crippen LogP contribution in [0.3, 0.4) is 0 Å². The number of aryl methyl sites for hydroxylation is 2. The summed E-state index contributed by atoms with van der Waals surface area (Å²) in [4.78, 5) is 0.339. The number of methoxy groups -OCH3 is 1. The van der Waals surface area contributed by atoms with Gasteiger partial charge in [0.1, 0.15) is 0 Å². The van der Waals surface area contributed by atoms with Crippen molar-refractivity contribution in [3.05, 3.63) is 63.5 Å². The summed E-state index contributed by atoms with van der Waals surface area (Å²) in [5.41, 5.74) is -6.52. The van der Waals surface area contributed by atoms with Gasteiger partial charge in [0.15, 0.2) is 5.06 Å². The van der Waals surface area contributed by atoms with Crippen molar-refractivity contribution in [2.75, 3.05) is 7.11 Å². The normalized spacial score (nSPS) is 14.2. The maximum Gasteiger partial charge on any atom is 0.435 e. The molecule has 3 rings (SSSR count). The van der Waals surface area contributed by atoms with Gasteiger partial charge < -0.3 is 20.1 Å². The lowest BCUT2D eigenvalue weighted by Gasteiger charge is -2.34. The zero-order valence-corrected chi connectivity index (χ0v) is 19.6. The Kier molecular flexibility index (Phi) is 7.29. The highest BCUT2D eigenvalue weighted by atomic mass is 32.1. The average Bonchev–Trinajstić information content (AvgIpc) is 3.12. The molecule has 1 aromatic heterocycles. The lowest BCUT2D eigenvalue weighted by molar-refractivity contribution is -0.375. The fourth-order valence-electron chi connectivity index (χ4n) is 4.13. The molecule has 0 radical (unpaired) electrons. The number of aliphatic hydroxyl groups excluding tert-OH is 2. The van der Waals surface area contributed by atoms with Crippen molar-refractivity contribution in [1.29, 1.82) is 0 Å². The van der Waals surface area contributed by atoms with E-state index in [0.717, 1.165) is 30.4 Å². The van der Waals surface area contributed by atoms with Gasteiger partial charge in [0.05, 0.1) is 20.3 Å². The zero-order chi connectivity index (χ0) is 26.3. The summed E-state index contributed by atoms with van der Waals surface area (Å²) in [6.45, 7) is 1.71. The largest absolute Gasteiger partial charge is 0.487 e. The van der Waals surface area contributed by atoms with Crippen LogP contribution in [0.5, 0.6) is 5.06 Å². The molecule has 4 nitrogen and oxygen atoms in total. The Morgan fingerprint density at radius 1 is 0.886 bits per heavy atom. The molecule has 1 heterocycles. The third kappa shape index (κ3) is 4.42. The Morgan fingerprint density at radius 2 is 1.51 bits per heavy atom. The van der Waals surface area contributed by atoms with Gasteiger partial charge in [0.25, 0.3) is 0 Å². The fourth-order valence-corrected chi connectivity index (χ4v) is 5.13. The molecule has 0 saturated heterocycles. The van der Waals surface area contributed by atoms with Gasteiger partial charge in [-0.2, -0.15) is 22.0 Å². The Bertz CT molecular complexity index is 1220. The van der Waals surface area contributed by atoms with Crippen molar-refractivity contribution in [1.82, 2.24) is 0 Å². The van der Waals surface area contributed by atoms with E-state index in [4.69, 9.17) is 9.84 Å². The number of hydrogen-bond donors (Lipinski definition) is 3. The molecule has 1 atom stereocenters. The molecule has 190 valence electrons. The first-order chi connectivity index (χ1) is 16.2. The lowest BCUT2D eigenvalue weighted by atomic mass is 9.82. The predicted octanol–water partition coefficient (Wildman–Crippen LogP) is 6.00. The molecule has 2 aromatic carbocycles. The van der Waals surface area contributed by atoms with Crippen LogP contribution in [-0.2, 0) is 18.9 Å². The smallest absolute Gasteiger partial charge is 0.435 e. The van der Waals surface area contributed by atoms with Crippen LogP contribution in [-0.4, -0.2) is 34.7 Å². The number of rotatable bonds is 7. The lowest BCUT2D eigenvalue weighted by Crippen LogP contribution is -2.53. The van der Waals surface area contributed by atoms with Gasteiger partial charge in [0.2, 0.25) is 0 Å². The number of aliphatic hydroxyl groups is 3. The highest BCUT2D eigenvalue weighted by Gasteiger charge is 2.73. The van der Waals surface area contributed by atoms with E-state index < -0.39 is 41.3 Å². The summed E-state index contributed by atoms with van der Waals surface area (Å²) in [6, 6.07) is 7.89. The van der Waals surface area contributed by atoms with Crippen molar-refractivity contribution >= 4 is 11.3 Å². The minimum Gasteiger partial charge on any atom is -0.487 e. The topological polar surface area (TPSA) is 69.9 Å². The van der Waals surface area contributed by atoms with E-state index in [1.165, 1.54) is 38.3 Å². The van der Waals surface area contributed by atoms with Crippen molar-refractivity contribution in [3.8, 4) is 27.3 Å². The van der Waals surface area contributed by atoms with Crippen LogP contribution in [0.1, 0.15) is 27.1 Å². The quantitative estimate of drug-likeness (QED) is 0.334. The second-order valence-electron chi connectivity index (χ2n) is 7.89. The van der Waals surface area contributed by atoms with Crippen LogP contribution in [0, 0.1) is 13.8 Å². The Balaban J connectivity index is 2.46. The summed E-state index contributed by atoms with van der Waals surface area (Å²) >= 11 is 1.01. The van der Waals surface area contributed by atoms with E-state index in [1.807, 2.05) is 0 Å². The number of benzene rings is 2. The van der Waals surface area contributed by atoms with Crippen LogP contribution in [0.15, 0.2) is 36.4 Å². The Hall–Kier alpha value is -2.60. The molecule has 0 aliphatic rings. The SMILES string of the molecule is COc1sc(C)c(-c2cccc(C)c2C(F)(C(O)(F)F)C(F)(F)F)c1-c1ccc(CO)c(CO)c1. The molecule has 35 heavy (non-hydrogen) atoms. The number of thiophene rings is 1. The molecular formula is C24H22F6O4S. The minimum atomic E-state index is -6.16. The van der Waals surface area contributed by atoms with Crippen LogP contribution in [0.4, 0.5) is 26.3 Å². The van der Waals surface area contributed by atoms with Gasteiger partial charge >= 0.3 is 18.0 Å². The van der Waals surface area contributed by atoms with Gasteiger partial charge in [-0.05, 0) is 47.7 Å². The predicted molar refractivity (Wildman–Crippen MR) is 119 cm³/mol. The molecule has 3 N–H and O–H groups in total. The van der Waals surface area contributed by atoms with Crippen LogP contribution < -0.4 is 4.74 Å². The maximum absolute atomic E-state index is 15.5. The monoisotopic (exact) mass is 520 g/mol. The molecule has 0 aliphatic carbocycles. The van der Waals surface area contributed by atoms with Gasteiger partial charge in [-0.3, -0.25) is 0 Å². The van der Waals surface area contributed by atoms with E-state index in [2.05, 4.69) is 0 Å². The summed E-state index contributed by atoms with van der Waals surface area (Å²) < 4.78 is 90.4.